The summed E-state index contributed by atoms with van der Waals surface area (Å²) in [6.45, 7) is 0. The summed E-state index contributed by atoms with van der Waals surface area (Å²) in [6, 6.07) is 18.4. The van der Waals surface area contributed by atoms with E-state index in [0.29, 0.717) is 22.6 Å². The second-order valence-electron chi connectivity index (χ2n) is 6.90. The van der Waals surface area contributed by atoms with Crippen molar-refractivity contribution in [1.29, 1.82) is 0 Å². The minimum absolute atomic E-state index is 0.161. The Bertz CT molecular complexity index is 1220. The molecule has 1 amide bonds. The predicted octanol–water partition coefficient (Wildman–Crippen LogP) is 3.72. The van der Waals surface area contributed by atoms with E-state index in [-0.39, 0.29) is 17.2 Å². The quantitative estimate of drug-likeness (QED) is 0.563. The average molecular weight is 373 g/mol. The summed E-state index contributed by atoms with van der Waals surface area (Å²) in [5.74, 6) is -0.673. The van der Waals surface area contributed by atoms with Crippen LogP contribution < -0.4 is 4.90 Å². The molecule has 0 radical (unpaired) electrons. The Morgan fingerprint density at radius 1 is 1.04 bits per heavy atom. The number of phenols is 1. The van der Waals surface area contributed by atoms with E-state index in [0.717, 1.165) is 5.52 Å². The number of amides is 1. The lowest BCUT2D eigenvalue weighted by Crippen LogP contribution is -2.41. The molecular weight excluding hydrogens is 357 g/mol. The number of aromatic hydroxyl groups is 1. The van der Waals surface area contributed by atoms with Crippen LogP contribution in [0.1, 0.15) is 17.0 Å². The lowest BCUT2D eigenvalue weighted by Gasteiger charge is -2.27. The molecule has 0 bridgehead atoms. The molecule has 1 unspecified atom stereocenters. The van der Waals surface area contributed by atoms with Gasteiger partial charge in [-0.2, -0.15) is 0 Å². The Labute approximate surface area is 160 Å². The van der Waals surface area contributed by atoms with Gasteiger partial charge in [-0.15, -0.1) is 0 Å². The lowest BCUT2D eigenvalue weighted by molar-refractivity contribution is -0.120. The third-order valence-corrected chi connectivity index (χ3v) is 5.40. The van der Waals surface area contributed by atoms with Crippen molar-refractivity contribution in [3.8, 4) is 5.75 Å². The number of aromatic nitrogens is 2. The van der Waals surface area contributed by atoms with Crippen molar-refractivity contribution < 1.29 is 14.3 Å². The summed E-state index contributed by atoms with van der Waals surface area (Å²) in [5.41, 5.74) is 1.46. The first kappa shape index (κ1) is 16.5. The number of hydrogen-bond donors (Lipinski definition) is 2. The number of phenolic OH excluding ortho intramolecular Hbond substituents is 1. The van der Waals surface area contributed by atoms with Gasteiger partial charge in [-0.3, -0.25) is 4.79 Å². The summed E-state index contributed by atoms with van der Waals surface area (Å²) >= 11 is 0. The number of nitrogens with zero attached hydrogens (tertiary/aromatic N) is 2. The molecule has 6 heteroatoms. The van der Waals surface area contributed by atoms with Crippen LogP contribution in [0.5, 0.6) is 5.75 Å². The van der Waals surface area contributed by atoms with E-state index in [9.17, 15) is 14.3 Å². The van der Waals surface area contributed by atoms with Crippen molar-refractivity contribution >= 4 is 22.6 Å². The number of carbonyl (C=O) groups excluding carboxylic acids is 1. The molecule has 1 aromatic heterocycles. The van der Waals surface area contributed by atoms with Crippen molar-refractivity contribution in [3.63, 3.8) is 0 Å². The average Bonchev–Trinajstić information content (AvgIpc) is 3.23. The number of para-hydroxylation sites is 3. The van der Waals surface area contributed by atoms with Crippen LogP contribution in [0, 0.1) is 5.82 Å². The molecule has 0 saturated carbocycles. The molecule has 1 aliphatic heterocycles. The number of anilines is 1. The standard InChI is InChI=1S/C22H16FN3O2/c1-26-18-9-5-2-6-14(18)22(21(26)28,15-12-13(23)10-11-19(15)27)20-24-16-7-3-4-8-17(16)25-20/h2-12,27H,1H3,(H,24,25). The molecule has 4 aromatic rings. The van der Waals surface area contributed by atoms with Crippen molar-refractivity contribution in [3.05, 3.63) is 89.5 Å². The number of aromatic amines is 1. The zero-order valence-corrected chi connectivity index (χ0v) is 15.0. The molecule has 5 nitrogen and oxygen atoms in total. The number of likely N-dealkylation sites (N-methyl/N-ethyl adjacent to an activating group) is 1. The van der Waals surface area contributed by atoms with Crippen molar-refractivity contribution in [2.24, 2.45) is 0 Å². The summed E-state index contributed by atoms with van der Waals surface area (Å²) in [7, 11) is 1.67. The van der Waals surface area contributed by atoms with Gasteiger partial charge in [0.15, 0.2) is 5.41 Å². The monoisotopic (exact) mass is 373 g/mol. The summed E-state index contributed by atoms with van der Waals surface area (Å²) in [6.07, 6.45) is 0. The van der Waals surface area contributed by atoms with Crippen molar-refractivity contribution in [1.82, 2.24) is 9.97 Å². The van der Waals surface area contributed by atoms with Gasteiger partial charge >= 0.3 is 0 Å². The smallest absolute Gasteiger partial charge is 0.249 e. The molecule has 0 saturated heterocycles. The number of fused-ring (bicyclic) bond motifs is 2. The van der Waals surface area contributed by atoms with Crippen LogP contribution in [0.25, 0.3) is 11.0 Å². The number of H-pyrrole nitrogens is 1. The first-order valence-corrected chi connectivity index (χ1v) is 8.85. The lowest BCUT2D eigenvalue weighted by atomic mass is 9.74. The predicted molar refractivity (Wildman–Crippen MR) is 104 cm³/mol. The fraction of sp³-hybridized carbons (Fsp3) is 0.0909. The van der Waals surface area contributed by atoms with Gasteiger partial charge in [-0.1, -0.05) is 30.3 Å². The zero-order chi connectivity index (χ0) is 19.5. The minimum Gasteiger partial charge on any atom is -0.508 e. The molecule has 1 atom stereocenters. The van der Waals surface area contributed by atoms with Crippen LogP contribution >= 0.6 is 0 Å². The molecule has 138 valence electrons. The van der Waals surface area contributed by atoms with E-state index in [1.807, 2.05) is 48.5 Å². The first-order chi connectivity index (χ1) is 13.5. The van der Waals surface area contributed by atoms with Crippen LogP contribution in [0.4, 0.5) is 10.1 Å². The van der Waals surface area contributed by atoms with Gasteiger partial charge in [0.1, 0.15) is 17.4 Å². The Kier molecular flexibility index (Phi) is 3.34. The summed E-state index contributed by atoms with van der Waals surface area (Å²) < 4.78 is 14.2. The highest BCUT2D eigenvalue weighted by Gasteiger charge is 2.55. The Balaban J connectivity index is 1.94. The van der Waals surface area contributed by atoms with Crippen LogP contribution in [-0.2, 0) is 10.2 Å². The highest BCUT2D eigenvalue weighted by Crippen LogP contribution is 2.51. The Hall–Kier alpha value is -3.67. The van der Waals surface area contributed by atoms with Gasteiger partial charge in [0.25, 0.3) is 0 Å². The molecule has 28 heavy (non-hydrogen) atoms. The van der Waals surface area contributed by atoms with E-state index in [2.05, 4.69) is 9.97 Å². The second-order valence-corrected chi connectivity index (χ2v) is 6.90. The van der Waals surface area contributed by atoms with Gasteiger partial charge in [0.2, 0.25) is 5.91 Å². The molecular formula is C22H16FN3O2. The molecule has 0 spiro atoms. The van der Waals surface area contributed by atoms with Gasteiger partial charge in [0, 0.05) is 23.9 Å². The number of halogens is 1. The molecule has 0 fully saturated rings. The minimum atomic E-state index is -1.48. The topological polar surface area (TPSA) is 69.2 Å². The fourth-order valence-electron chi connectivity index (χ4n) is 4.12. The van der Waals surface area contributed by atoms with E-state index >= 15 is 0 Å². The van der Waals surface area contributed by atoms with Gasteiger partial charge in [-0.05, 0) is 36.4 Å². The maximum absolute atomic E-state index is 14.2. The number of hydrogen-bond acceptors (Lipinski definition) is 3. The molecule has 2 heterocycles. The Morgan fingerprint density at radius 2 is 1.79 bits per heavy atom. The van der Waals surface area contributed by atoms with Gasteiger partial charge in [0.05, 0.1) is 11.0 Å². The van der Waals surface area contributed by atoms with E-state index in [1.165, 1.54) is 23.1 Å². The van der Waals surface area contributed by atoms with Gasteiger partial charge in [-0.25, -0.2) is 9.37 Å². The Morgan fingerprint density at radius 3 is 2.61 bits per heavy atom. The molecule has 3 aromatic carbocycles. The van der Waals surface area contributed by atoms with Crippen LogP contribution in [0.15, 0.2) is 66.7 Å². The molecule has 5 rings (SSSR count). The van der Waals surface area contributed by atoms with E-state index < -0.39 is 11.2 Å². The van der Waals surface area contributed by atoms with Crippen LogP contribution in [0.2, 0.25) is 0 Å². The third-order valence-electron chi connectivity index (χ3n) is 5.40. The third kappa shape index (κ3) is 2.00. The molecule has 2 N–H and O–H groups in total. The van der Waals surface area contributed by atoms with Gasteiger partial charge < -0.3 is 15.0 Å². The number of rotatable bonds is 2. The number of imidazole rings is 1. The van der Waals surface area contributed by atoms with E-state index in [4.69, 9.17) is 0 Å². The van der Waals surface area contributed by atoms with Crippen LogP contribution in [-0.4, -0.2) is 28.0 Å². The molecule has 0 aliphatic carbocycles. The van der Waals surface area contributed by atoms with Crippen molar-refractivity contribution in [2.75, 3.05) is 11.9 Å². The summed E-state index contributed by atoms with van der Waals surface area (Å²) in [5, 5.41) is 10.6. The molecule has 1 aliphatic rings. The highest BCUT2D eigenvalue weighted by molar-refractivity contribution is 6.12. The second kappa shape index (κ2) is 5.66. The SMILES string of the molecule is CN1C(=O)C(c2nc3ccccc3[nH]2)(c2cc(F)ccc2O)c2ccccc21. The zero-order valence-electron chi connectivity index (χ0n) is 15.0. The van der Waals surface area contributed by atoms with E-state index in [1.54, 1.807) is 7.05 Å². The maximum Gasteiger partial charge on any atom is 0.249 e. The first-order valence-electron chi connectivity index (χ1n) is 8.85. The normalized spacial score (nSPS) is 18.6. The number of carbonyl (C=O) groups is 1. The summed E-state index contributed by atoms with van der Waals surface area (Å²) in [4.78, 5) is 23.1. The fourth-order valence-corrected chi connectivity index (χ4v) is 4.12. The largest absolute Gasteiger partial charge is 0.508 e. The number of benzene rings is 3. The highest BCUT2D eigenvalue weighted by atomic mass is 19.1. The van der Waals surface area contributed by atoms with Crippen molar-refractivity contribution in [2.45, 2.75) is 5.41 Å². The van der Waals surface area contributed by atoms with Crippen LogP contribution in [0.3, 0.4) is 0 Å². The maximum atomic E-state index is 14.2. The number of nitrogens with one attached hydrogen (secondary N) is 1.